The second kappa shape index (κ2) is 21.9. The Hall–Kier alpha value is -6.95. The van der Waals surface area contributed by atoms with E-state index in [1.165, 1.54) is 17.8 Å². The highest BCUT2D eigenvalue weighted by Crippen LogP contribution is 2.49. The number of nitrogens with one attached hydrogen (secondary N) is 3. The average molecular weight is 874 g/mol. The van der Waals surface area contributed by atoms with Crippen molar-refractivity contribution in [2.45, 2.75) is 41.7 Å². The number of esters is 1. The van der Waals surface area contributed by atoms with Crippen LogP contribution in [0.5, 0.6) is 0 Å². The lowest BCUT2D eigenvalue weighted by atomic mass is 9.84. The summed E-state index contributed by atoms with van der Waals surface area (Å²) in [4.78, 5) is 54.3. The van der Waals surface area contributed by atoms with Crippen LogP contribution in [0.15, 0.2) is 183 Å². The maximum atomic E-state index is 14.7. The smallest absolute Gasteiger partial charge is 0.407 e. The number of carbonyl (C=O) groups excluding carboxylic acids is 4. The quantitative estimate of drug-likeness (QED) is 0.0344. The number of benzene rings is 6. The summed E-state index contributed by atoms with van der Waals surface area (Å²) in [6.07, 6.45) is -0.889. The van der Waals surface area contributed by atoms with Crippen LogP contribution in [-0.4, -0.2) is 72.7 Å². The van der Waals surface area contributed by atoms with E-state index in [1.807, 2.05) is 158 Å². The molecular weight excluding hydrogens is 823 g/mol. The Morgan fingerprint density at radius 2 is 1.17 bits per heavy atom. The number of amides is 3. The zero-order valence-electron chi connectivity index (χ0n) is 35.3. The second-order valence-corrected chi connectivity index (χ2v) is 16.7. The molecule has 0 unspecified atom stereocenters. The third kappa shape index (κ3) is 11.0. The molecule has 64 heavy (non-hydrogen) atoms. The van der Waals surface area contributed by atoms with E-state index in [9.17, 15) is 24.3 Å². The van der Waals surface area contributed by atoms with Crippen molar-refractivity contribution in [3.8, 4) is 11.1 Å². The van der Waals surface area contributed by atoms with E-state index >= 15 is 0 Å². The Kier molecular flexibility index (Phi) is 15.4. The van der Waals surface area contributed by atoms with Gasteiger partial charge in [0.15, 0.2) is 0 Å². The highest BCUT2D eigenvalue weighted by Gasteiger charge is 2.39. The second-order valence-electron chi connectivity index (χ2n) is 15.4. The van der Waals surface area contributed by atoms with E-state index in [0.29, 0.717) is 0 Å². The van der Waals surface area contributed by atoms with E-state index < -0.39 is 53.4 Å². The average Bonchev–Trinajstić information content (AvgIpc) is 3.66. The Labute approximate surface area is 378 Å². The van der Waals surface area contributed by atoms with E-state index in [2.05, 4.69) is 34.7 Å². The number of alkyl carbamates (subject to hydrolysis) is 1. The van der Waals surface area contributed by atoms with Crippen molar-refractivity contribution in [1.82, 2.24) is 16.0 Å². The van der Waals surface area contributed by atoms with Gasteiger partial charge in [-0.05, 0) is 50.9 Å². The van der Waals surface area contributed by atoms with Crippen molar-refractivity contribution in [3.63, 3.8) is 0 Å². The van der Waals surface area contributed by atoms with Crippen LogP contribution < -0.4 is 16.0 Å². The number of fused-ring (bicyclic) bond motifs is 3. The molecule has 11 heteroatoms. The van der Waals surface area contributed by atoms with Gasteiger partial charge < -0.3 is 30.5 Å². The van der Waals surface area contributed by atoms with Crippen molar-refractivity contribution >= 4 is 35.6 Å². The molecular formula is C53H51N3O7S. The van der Waals surface area contributed by atoms with Crippen molar-refractivity contribution in [1.29, 1.82) is 0 Å². The van der Waals surface area contributed by atoms with Crippen molar-refractivity contribution < 1.29 is 33.8 Å². The Balaban J connectivity index is 1.13. The number of carbonyl (C=O) groups is 4. The molecule has 1 aliphatic rings. The van der Waals surface area contributed by atoms with E-state index in [0.717, 1.165) is 44.5 Å². The van der Waals surface area contributed by atoms with Gasteiger partial charge >= 0.3 is 12.1 Å². The fourth-order valence-corrected chi connectivity index (χ4v) is 9.73. The molecule has 0 saturated heterocycles. The van der Waals surface area contributed by atoms with Crippen LogP contribution in [0.4, 0.5) is 4.79 Å². The lowest BCUT2D eigenvalue weighted by Gasteiger charge is -2.36. The molecule has 4 N–H and O–H groups in total. The van der Waals surface area contributed by atoms with Gasteiger partial charge in [-0.1, -0.05) is 183 Å². The topological polar surface area (TPSA) is 143 Å². The highest BCUT2D eigenvalue weighted by molar-refractivity contribution is 8.00. The molecule has 0 radical (unpaired) electrons. The summed E-state index contributed by atoms with van der Waals surface area (Å²) < 4.78 is 10.0. The SMILES string of the molecule is C=CCOC(=O)C[C@H](O)[C@@H](Cc1ccccc1)NC(=O)[C@@H](CSC(c1ccccc1)(c1ccccc1)c1ccccc1)NC(=O)CNC(=O)OCC1c2ccccc2-c2ccccc21. The molecule has 1 aliphatic carbocycles. The van der Waals surface area contributed by atoms with Crippen molar-refractivity contribution in [2.24, 2.45) is 0 Å². The first-order valence-electron chi connectivity index (χ1n) is 21.2. The molecule has 0 spiro atoms. The lowest BCUT2D eigenvalue weighted by Crippen LogP contribution is -2.55. The van der Waals surface area contributed by atoms with Crippen molar-refractivity contribution in [3.05, 3.63) is 216 Å². The fraction of sp³-hybridized carbons (Fsp3) is 0.208. The Morgan fingerprint density at radius 3 is 1.70 bits per heavy atom. The predicted octanol–water partition coefficient (Wildman–Crippen LogP) is 7.94. The number of thioether (sulfide) groups is 1. The summed E-state index contributed by atoms with van der Waals surface area (Å²) in [5.41, 5.74) is 7.97. The Bertz CT molecular complexity index is 2360. The third-order valence-corrected chi connectivity index (χ3v) is 12.9. The molecule has 6 aromatic rings. The summed E-state index contributed by atoms with van der Waals surface area (Å²) in [6, 6.07) is 53.0. The zero-order valence-corrected chi connectivity index (χ0v) is 36.1. The van der Waals surface area contributed by atoms with Crippen LogP contribution in [0.1, 0.15) is 45.7 Å². The van der Waals surface area contributed by atoms with Gasteiger partial charge in [0, 0.05) is 11.7 Å². The standard InChI is InChI=1S/C53H51N3O7S/c1-2-31-62-50(59)33-48(57)46(32-37-19-7-3-8-20-37)56-51(60)47(36-64-53(38-21-9-4-10-22-38,39-23-11-5-12-24-39)40-25-13-6-14-26-40)55-49(58)34-54-52(61)63-35-45-43-29-17-15-27-41(43)42-28-16-18-30-44(42)45/h2-30,45-48,57H,1,31-36H2,(H,54,61)(H,55,58)(H,56,60)/t46-,47-,48+/m1/s1. The van der Waals surface area contributed by atoms with Crippen LogP contribution >= 0.6 is 11.8 Å². The molecule has 0 heterocycles. The summed E-state index contributed by atoms with van der Waals surface area (Å²) in [5, 5.41) is 19.9. The number of ether oxygens (including phenoxy) is 2. The van der Waals surface area contributed by atoms with Gasteiger partial charge in [-0.25, -0.2) is 4.79 Å². The lowest BCUT2D eigenvalue weighted by molar-refractivity contribution is -0.145. The Morgan fingerprint density at radius 1 is 0.672 bits per heavy atom. The minimum absolute atomic E-state index is 0.0251. The first-order chi connectivity index (χ1) is 31.3. The van der Waals surface area contributed by atoms with Gasteiger partial charge in [0.1, 0.15) is 25.8 Å². The number of aliphatic hydroxyl groups excluding tert-OH is 1. The molecule has 10 nitrogen and oxygen atoms in total. The van der Waals surface area contributed by atoms with Crippen LogP contribution in [0, 0.1) is 0 Å². The predicted molar refractivity (Wildman–Crippen MR) is 251 cm³/mol. The van der Waals surface area contributed by atoms with Crippen LogP contribution in [0.25, 0.3) is 11.1 Å². The number of rotatable bonds is 20. The van der Waals surface area contributed by atoms with E-state index in [4.69, 9.17) is 9.47 Å². The summed E-state index contributed by atoms with van der Waals surface area (Å²) in [5.74, 6) is -2.00. The largest absolute Gasteiger partial charge is 0.461 e. The van der Waals surface area contributed by atoms with Gasteiger partial charge in [-0.3, -0.25) is 14.4 Å². The molecule has 0 fully saturated rings. The summed E-state index contributed by atoms with van der Waals surface area (Å²) in [7, 11) is 0. The number of aliphatic hydroxyl groups is 1. The van der Waals surface area contributed by atoms with Gasteiger partial charge in [0.2, 0.25) is 11.8 Å². The van der Waals surface area contributed by atoms with Gasteiger partial charge in [-0.15, -0.1) is 11.8 Å². The number of hydrogen-bond donors (Lipinski definition) is 4. The van der Waals surface area contributed by atoms with Crippen LogP contribution in [-0.2, 0) is 35.0 Å². The first kappa shape index (κ1) is 45.1. The molecule has 326 valence electrons. The van der Waals surface area contributed by atoms with Crippen LogP contribution in [0.3, 0.4) is 0 Å². The molecule has 3 amide bonds. The monoisotopic (exact) mass is 873 g/mol. The first-order valence-corrected chi connectivity index (χ1v) is 22.2. The summed E-state index contributed by atoms with van der Waals surface area (Å²) in [6.45, 7) is 3.14. The maximum Gasteiger partial charge on any atom is 0.407 e. The van der Waals surface area contributed by atoms with Crippen LogP contribution in [0.2, 0.25) is 0 Å². The minimum atomic E-state index is -1.34. The summed E-state index contributed by atoms with van der Waals surface area (Å²) >= 11 is 1.47. The van der Waals surface area contributed by atoms with E-state index in [-0.39, 0.29) is 37.7 Å². The molecule has 0 saturated carbocycles. The third-order valence-electron chi connectivity index (χ3n) is 11.2. The molecule has 0 bridgehead atoms. The normalized spacial score (nSPS) is 13.3. The molecule has 6 aromatic carbocycles. The highest BCUT2D eigenvalue weighted by atomic mass is 32.2. The molecule has 0 aromatic heterocycles. The molecule has 3 atom stereocenters. The van der Waals surface area contributed by atoms with Gasteiger partial charge in [0.05, 0.1) is 23.3 Å². The fourth-order valence-electron chi connectivity index (χ4n) is 8.17. The zero-order chi connectivity index (χ0) is 44.7. The van der Waals surface area contributed by atoms with Gasteiger partial charge in [0.25, 0.3) is 0 Å². The molecule has 7 rings (SSSR count). The minimum Gasteiger partial charge on any atom is -0.461 e. The van der Waals surface area contributed by atoms with Gasteiger partial charge in [-0.2, -0.15) is 0 Å². The van der Waals surface area contributed by atoms with Crippen molar-refractivity contribution in [2.75, 3.05) is 25.5 Å². The number of hydrogen-bond acceptors (Lipinski definition) is 8. The molecule has 0 aliphatic heterocycles. The maximum absolute atomic E-state index is 14.7. The van der Waals surface area contributed by atoms with E-state index in [1.54, 1.807) is 0 Å².